The molecule has 0 spiro atoms. The van der Waals surface area contributed by atoms with E-state index >= 15 is 0 Å². The van der Waals surface area contributed by atoms with Crippen LogP contribution in [0, 0.1) is 11.6 Å². The van der Waals surface area contributed by atoms with Gasteiger partial charge in [-0.15, -0.1) is 0 Å². The topological polar surface area (TPSA) is 111 Å². The number of hydrogen-bond acceptors (Lipinski definition) is 12. The number of carbonyl (C=O) groups excluding carboxylic acids is 2. The van der Waals surface area contributed by atoms with E-state index in [2.05, 4.69) is 67.6 Å². The van der Waals surface area contributed by atoms with Gasteiger partial charge < -0.3 is 15.1 Å². The van der Waals surface area contributed by atoms with E-state index in [1.165, 1.54) is 42.2 Å². The van der Waals surface area contributed by atoms with Gasteiger partial charge in [-0.2, -0.15) is 0 Å². The fourth-order valence-electron chi connectivity index (χ4n) is 6.86. The Morgan fingerprint density at radius 1 is 0.714 bits per heavy atom. The number of thioether (sulfide) groups is 1. The Morgan fingerprint density at radius 2 is 1.21 bits per heavy atom. The molecule has 3 aliphatic rings. The molecule has 3 saturated heterocycles. The maximum Gasteiger partial charge on any atom is 0.263 e. The van der Waals surface area contributed by atoms with E-state index in [1.807, 2.05) is 0 Å². The van der Waals surface area contributed by atoms with Gasteiger partial charge in [0.25, 0.3) is 5.91 Å². The molecule has 0 atom stereocenters. The minimum absolute atomic E-state index is 0.237. The first kappa shape index (κ1) is 40.9. The standard InChI is InChI=1S/C22H24FN5OS2.C19H23FN4O/c1-14(2)27-6-3-7-28(9-8-27)20-13-24-12-18(25-20)16-10-15(4-5-17(16)23)11-19-21(29)26-22(30)31-19;1-14(2)23-6-3-7-24(9-8-23)19-12-21-11-18(22-19)16-10-15(13-25)4-5-17(16)20/h4-5,10-14H,3,6-9H2,1-2H3,(H,26,29,30);4-5,10-14H,3,6-9H2,1-2H3/b19-11-;. The van der Waals surface area contributed by atoms with Crippen LogP contribution in [0.5, 0.6) is 0 Å². The van der Waals surface area contributed by atoms with Crippen LogP contribution in [0.2, 0.25) is 0 Å². The van der Waals surface area contributed by atoms with Crippen molar-refractivity contribution >= 4 is 58.2 Å². The van der Waals surface area contributed by atoms with E-state index in [0.29, 0.717) is 61.2 Å². The van der Waals surface area contributed by atoms with E-state index in [4.69, 9.17) is 17.2 Å². The monoisotopic (exact) mass is 799 g/mol. The third-order valence-electron chi connectivity index (χ3n) is 10.0. The number of nitrogens with one attached hydrogen (secondary N) is 1. The summed E-state index contributed by atoms with van der Waals surface area (Å²) in [6, 6.07) is 10.0. The van der Waals surface area contributed by atoms with E-state index in [1.54, 1.807) is 36.8 Å². The summed E-state index contributed by atoms with van der Waals surface area (Å²) in [5, 5.41) is 2.59. The van der Waals surface area contributed by atoms with Crippen LogP contribution in [0.1, 0.15) is 56.5 Å². The summed E-state index contributed by atoms with van der Waals surface area (Å²) < 4.78 is 29.3. The minimum Gasteiger partial charge on any atom is -0.354 e. The number of thiocarbonyl (C=S) groups is 1. The van der Waals surface area contributed by atoms with Gasteiger partial charge in [-0.25, -0.2) is 18.7 Å². The van der Waals surface area contributed by atoms with Gasteiger partial charge in [0.2, 0.25) is 0 Å². The Bertz CT molecular complexity index is 2080. The zero-order valence-corrected chi connectivity index (χ0v) is 33.8. The molecule has 0 saturated carbocycles. The number of rotatable bonds is 8. The van der Waals surface area contributed by atoms with Gasteiger partial charge >= 0.3 is 0 Å². The maximum atomic E-state index is 14.7. The predicted octanol–water partition coefficient (Wildman–Crippen LogP) is 6.71. The number of anilines is 2. The molecule has 0 radical (unpaired) electrons. The smallest absolute Gasteiger partial charge is 0.263 e. The Labute approximate surface area is 336 Å². The second-order valence-electron chi connectivity index (χ2n) is 14.4. The van der Waals surface area contributed by atoms with Crippen LogP contribution in [-0.4, -0.2) is 111 Å². The predicted molar refractivity (Wildman–Crippen MR) is 224 cm³/mol. The second-order valence-corrected chi connectivity index (χ2v) is 16.1. The number of carbonyl (C=O) groups is 2. The second kappa shape index (κ2) is 19.0. The molecule has 15 heteroatoms. The molecule has 56 heavy (non-hydrogen) atoms. The first-order chi connectivity index (χ1) is 27.0. The normalized spacial score (nSPS) is 17.8. The van der Waals surface area contributed by atoms with Crippen LogP contribution in [-0.2, 0) is 4.79 Å². The summed E-state index contributed by atoms with van der Waals surface area (Å²) in [6.07, 6.45) is 11.1. The lowest BCUT2D eigenvalue weighted by molar-refractivity contribution is -0.115. The van der Waals surface area contributed by atoms with Crippen molar-refractivity contribution in [2.45, 2.75) is 52.6 Å². The number of halogens is 2. The molecule has 0 bridgehead atoms. The van der Waals surface area contributed by atoms with Crippen LogP contribution in [0.3, 0.4) is 0 Å². The van der Waals surface area contributed by atoms with Gasteiger partial charge in [0, 0.05) is 81.1 Å². The van der Waals surface area contributed by atoms with Crippen molar-refractivity contribution < 1.29 is 18.4 Å². The Balaban J connectivity index is 0.000000194. The minimum atomic E-state index is -0.404. The summed E-state index contributed by atoms with van der Waals surface area (Å²) in [6.45, 7) is 16.4. The summed E-state index contributed by atoms with van der Waals surface area (Å²) in [5.74, 6) is 0.481. The average Bonchev–Trinajstić information content (AvgIpc) is 3.42. The van der Waals surface area contributed by atoms with Gasteiger partial charge in [0.05, 0.1) is 41.1 Å². The number of aromatic nitrogens is 4. The molecule has 5 heterocycles. The molecule has 2 aromatic heterocycles. The van der Waals surface area contributed by atoms with Gasteiger partial charge in [0.1, 0.15) is 33.9 Å². The van der Waals surface area contributed by atoms with Crippen LogP contribution >= 0.6 is 24.0 Å². The molecule has 0 aliphatic carbocycles. The third-order valence-corrected chi connectivity index (χ3v) is 11.2. The summed E-state index contributed by atoms with van der Waals surface area (Å²) >= 11 is 6.22. The Morgan fingerprint density at radius 3 is 1.68 bits per heavy atom. The van der Waals surface area contributed by atoms with E-state index < -0.39 is 5.82 Å². The maximum absolute atomic E-state index is 14.7. The number of benzene rings is 2. The largest absolute Gasteiger partial charge is 0.354 e. The lowest BCUT2D eigenvalue weighted by Crippen LogP contribution is -2.35. The van der Waals surface area contributed by atoms with Crippen LogP contribution in [0.15, 0.2) is 66.1 Å². The molecule has 2 aromatic carbocycles. The van der Waals surface area contributed by atoms with Crippen LogP contribution < -0.4 is 15.1 Å². The molecule has 3 aliphatic heterocycles. The van der Waals surface area contributed by atoms with E-state index in [-0.39, 0.29) is 11.7 Å². The highest BCUT2D eigenvalue weighted by molar-refractivity contribution is 8.26. The summed E-state index contributed by atoms with van der Waals surface area (Å²) in [4.78, 5) is 50.6. The fraction of sp³-hybridized carbons (Fsp3) is 0.390. The fourth-order valence-corrected chi connectivity index (χ4v) is 7.90. The molecule has 7 rings (SSSR count). The van der Waals surface area contributed by atoms with Gasteiger partial charge in [-0.3, -0.25) is 29.4 Å². The highest BCUT2D eigenvalue weighted by Crippen LogP contribution is 2.30. The van der Waals surface area contributed by atoms with Crippen molar-refractivity contribution in [2.75, 3.05) is 62.2 Å². The number of nitrogens with zero attached hydrogens (tertiary/aromatic N) is 8. The Hall–Kier alpha value is -4.70. The lowest BCUT2D eigenvalue weighted by Gasteiger charge is -2.25. The van der Waals surface area contributed by atoms with Crippen molar-refractivity contribution in [2.24, 2.45) is 0 Å². The van der Waals surface area contributed by atoms with Gasteiger partial charge in [-0.05, 0) is 82.5 Å². The van der Waals surface area contributed by atoms with E-state index in [0.717, 1.165) is 76.8 Å². The molecule has 3 fully saturated rings. The zero-order valence-electron chi connectivity index (χ0n) is 32.1. The van der Waals surface area contributed by atoms with Crippen molar-refractivity contribution in [3.8, 4) is 22.5 Å². The number of aldehydes is 1. The van der Waals surface area contributed by atoms with Gasteiger partial charge in [0.15, 0.2) is 0 Å². The van der Waals surface area contributed by atoms with Crippen molar-refractivity contribution in [3.63, 3.8) is 0 Å². The van der Waals surface area contributed by atoms with Crippen molar-refractivity contribution in [1.29, 1.82) is 0 Å². The molecular formula is C41H47F2N9O2S2. The van der Waals surface area contributed by atoms with Gasteiger partial charge in [-0.1, -0.05) is 30.0 Å². The van der Waals surface area contributed by atoms with Crippen molar-refractivity contribution in [1.82, 2.24) is 35.1 Å². The molecule has 4 aromatic rings. The van der Waals surface area contributed by atoms with E-state index in [9.17, 15) is 18.4 Å². The molecule has 1 N–H and O–H groups in total. The average molecular weight is 800 g/mol. The molecule has 1 amide bonds. The Kier molecular flexibility index (Phi) is 13.9. The highest BCUT2D eigenvalue weighted by Gasteiger charge is 2.23. The summed E-state index contributed by atoms with van der Waals surface area (Å²) in [5.41, 5.74) is 2.70. The SMILES string of the molecule is CC(C)N1CCCN(c2cncc(-c3cc(/C=C4\SC(=S)NC4=O)ccc3F)n2)CC1.CC(C)N1CCCN(c2cncc(-c3cc(C=O)ccc3F)n2)CC1. The first-order valence-electron chi connectivity index (χ1n) is 18.9. The lowest BCUT2D eigenvalue weighted by atomic mass is 10.1. The van der Waals surface area contributed by atoms with Crippen molar-refractivity contribution in [3.05, 3.63) is 88.9 Å². The molecular weight excluding hydrogens is 753 g/mol. The first-order valence-corrected chi connectivity index (χ1v) is 20.1. The van der Waals surface area contributed by atoms with Crippen LogP contribution in [0.25, 0.3) is 28.6 Å². The van der Waals surface area contributed by atoms with Crippen LogP contribution in [0.4, 0.5) is 20.4 Å². The third kappa shape index (κ3) is 10.4. The number of hydrogen-bond donors (Lipinski definition) is 1. The molecule has 11 nitrogen and oxygen atoms in total. The molecule has 0 unspecified atom stereocenters. The summed E-state index contributed by atoms with van der Waals surface area (Å²) in [7, 11) is 0. The number of amides is 1. The molecule has 294 valence electrons. The zero-order chi connectivity index (χ0) is 39.8. The highest BCUT2D eigenvalue weighted by atomic mass is 32.2. The quantitative estimate of drug-likeness (QED) is 0.116.